The molecule has 2 atom stereocenters. The van der Waals surface area contributed by atoms with Gasteiger partial charge in [0.1, 0.15) is 0 Å². The topological polar surface area (TPSA) is 34.1 Å². The van der Waals surface area contributed by atoms with Crippen LogP contribution in [-0.4, -0.2) is 17.6 Å². The van der Waals surface area contributed by atoms with Gasteiger partial charge in [-0.05, 0) is 56.2 Å². The molecule has 0 bridgehead atoms. The zero-order valence-corrected chi connectivity index (χ0v) is 13.8. The number of pyridine rings is 1. The maximum Gasteiger partial charge on any atom is 0.0891 e. The molecule has 0 spiro atoms. The number of ether oxygens (including phenoxy) is 1. The number of aromatic nitrogens is 1. The smallest absolute Gasteiger partial charge is 0.0891 e. The molecule has 2 unspecified atom stereocenters. The largest absolute Gasteiger partial charge is 0.372 e. The molecular formula is C18H30N2O. The average Bonchev–Trinajstić information content (AvgIpc) is 2.45. The van der Waals surface area contributed by atoms with Crippen molar-refractivity contribution in [1.82, 2.24) is 10.3 Å². The fourth-order valence-corrected chi connectivity index (χ4v) is 3.31. The van der Waals surface area contributed by atoms with E-state index < -0.39 is 0 Å². The predicted octanol–water partition coefficient (Wildman–Crippen LogP) is 3.92. The highest BCUT2D eigenvalue weighted by molar-refractivity contribution is 5.10. The van der Waals surface area contributed by atoms with Crippen LogP contribution in [0.25, 0.3) is 0 Å². The summed E-state index contributed by atoms with van der Waals surface area (Å²) in [6.45, 7) is 9.39. The second-order valence-corrected chi connectivity index (χ2v) is 6.65. The number of hydrogen-bond donors (Lipinski definition) is 1. The molecule has 0 radical (unpaired) electrons. The van der Waals surface area contributed by atoms with Crippen LogP contribution in [0, 0.1) is 11.8 Å². The number of hydrogen-bond acceptors (Lipinski definition) is 3. The van der Waals surface area contributed by atoms with Crippen molar-refractivity contribution in [3.8, 4) is 0 Å². The lowest BCUT2D eigenvalue weighted by Crippen LogP contribution is -2.26. The van der Waals surface area contributed by atoms with Crippen molar-refractivity contribution < 1.29 is 4.74 Å². The molecule has 1 aromatic rings. The monoisotopic (exact) mass is 290 g/mol. The van der Waals surface area contributed by atoms with E-state index in [0.29, 0.717) is 12.7 Å². The maximum atomic E-state index is 6.11. The highest BCUT2D eigenvalue weighted by Gasteiger charge is 2.24. The number of nitrogens with one attached hydrogen (secondary N) is 1. The van der Waals surface area contributed by atoms with E-state index >= 15 is 0 Å². The van der Waals surface area contributed by atoms with Crippen molar-refractivity contribution in [2.45, 2.75) is 65.7 Å². The molecule has 1 aromatic heterocycles. The lowest BCUT2D eigenvalue weighted by molar-refractivity contribution is -0.0105. The van der Waals surface area contributed by atoms with Gasteiger partial charge in [0.25, 0.3) is 0 Å². The first-order valence-electron chi connectivity index (χ1n) is 8.44. The van der Waals surface area contributed by atoms with E-state index in [1.54, 1.807) is 0 Å². The fourth-order valence-electron chi connectivity index (χ4n) is 3.31. The van der Waals surface area contributed by atoms with Gasteiger partial charge in [-0.15, -0.1) is 0 Å². The standard InChI is InChI=1S/C18H30N2O/c1-4-8-19-12-16-6-5-7-17(20-16)13-21-18-10-14(2)9-15(3)11-18/h5-7,14-15,18-19H,4,8-13H2,1-3H3. The molecule has 0 amide bonds. The van der Waals surface area contributed by atoms with Crippen LogP contribution in [0.5, 0.6) is 0 Å². The summed E-state index contributed by atoms with van der Waals surface area (Å²) in [7, 11) is 0. The van der Waals surface area contributed by atoms with Gasteiger partial charge in [-0.1, -0.05) is 26.8 Å². The van der Waals surface area contributed by atoms with Crippen LogP contribution in [0.2, 0.25) is 0 Å². The first kappa shape index (κ1) is 16.4. The van der Waals surface area contributed by atoms with Crippen molar-refractivity contribution in [3.63, 3.8) is 0 Å². The third-order valence-corrected chi connectivity index (χ3v) is 4.20. The Bertz CT molecular complexity index is 411. The summed E-state index contributed by atoms with van der Waals surface area (Å²) in [4.78, 5) is 4.68. The van der Waals surface area contributed by atoms with Gasteiger partial charge >= 0.3 is 0 Å². The molecule has 118 valence electrons. The molecule has 3 heteroatoms. The van der Waals surface area contributed by atoms with Crippen molar-refractivity contribution in [3.05, 3.63) is 29.6 Å². The van der Waals surface area contributed by atoms with Crippen LogP contribution in [0.1, 0.15) is 57.8 Å². The van der Waals surface area contributed by atoms with E-state index in [0.717, 1.165) is 42.7 Å². The molecule has 3 nitrogen and oxygen atoms in total. The van der Waals surface area contributed by atoms with Gasteiger partial charge in [0.2, 0.25) is 0 Å². The number of nitrogens with zero attached hydrogens (tertiary/aromatic N) is 1. The first-order chi connectivity index (χ1) is 10.2. The summed E-state index contributed by atoms with van der Waals surface area (Å²) < 4.78 is 6.11. The molecule has 1 heterocycles. The molecule has 2 rings (SSSR count). The van der Waals surface area contributed by atoms with Gasteiger partial charge in [0.15, 0.2) is 0 Å². The summed E-state index contributed by atoms with van der Waals surface area (Å²) in [5, 5.41) is 3.39. The Labute approximate surface area is 129 Å². The van der Waals surface area contributed by atoms with Gasteiger partial charge in [-0.25, -0.2) is 0 Å². The highest BCUT2D eigenvalue weighted by atomic mass is 16.5. The van der Waals surface area contributed by atoms with E-state index in [4.69, 9.17) is 4.74 Å². The Morgan fingerprint density at radius 2 is 1.86 bits per heavy atom. The molecule has 0 saturated heterocycles. The Balaban J connectivity index is 1.81. The molecule has 1 saturated carbocycles. The maximum absolute atomic E-state index is 6.11. The normalized spacial score (nSPS) is 26.0. The van der Waals surface area contributed by atoms with E-state index in [1.165, 1.54) is 19.3 Å². The third-order valence-electron chi connectivity index (χ3n) is 4.20. The van der Waals surface area contributed by atoms with Gasteiger partial charge in [-0.2, -0.15) is 0 Å². The van der Waals surface area contributed by atoms with Gasteiger partial charge in [0.05, 0.1) is 24.1 Å². The second kappa shape index (κ2) is 8.50. The average molecular weight is 290 g/mol. The van der Waals surface area contributed by atoms with Crippen LogP contribution >= 0.6 is 0 Å². The van der Waals surface area contributed by atoms with Crippen LogP contribution in [0.4, 0.5) is 0 Å². The molecule has 0 aromatic carbocycles. The predicted molar refractivity (Wildman–Crippen MR) is 87.0 cm³/mol. The molecule has 1 aliphatic carbocycles. The summed E-state index contributed by atoms with van der Waals surface area (Å²) >= 11 is 0. The molecule has 1 N–H and O–H groups in total. The van der Waals surface area contributed by atoms with E-state index in [9.17, 15) is 0 Å². The highest BCUT2D eigenvalue weighted by Crippen LogP contribution is 2.30. The first-order valence-corrected chi connectivity index (χ1v) is 8.44. The lowest BCUT2D eigenvalue weighted by Gasteiger charge is -2.31. The quantitative estimate of drug-likeness (QED) is 0.773. The zero-order chi connectivity index (χ0) is 15.1. The summed E-state index contributed by atoms with van der Waals surface area (Å²) in [5.74, 6) is 1.58. The second-order valence-electron chi connectivity index (χ2n) is 6.65. The van der Waals surface area contributed by atoms with E-state index in [2.05, 4.69) is 49.3 Å². The third kappa shape index (κ3) is 5.76. The Morgan fingerprint density at radius 3 is 2.57 bits per heavy atom. The molecule has 21 heavy (non-hydrogen) atoms. The Kier molecular flexibility index (Phi) is 6.65. The van der Waals surface area contributed by atoms with E-state index in [-0.39, 0.29) is 0 Å². The minimum atomic E-state index is 0.410. The molecular weight excluding hydrogens is 260 g/mol. The van der Waals surface area contributed by atoms with Gasteiger partial charge < -0.3 is 10.1 Å². The Hall–Kier alpha value is -0.930. The van der Waals surface area contributed by atoms with Crippen LogP contribution in [0.15, 0.2) is 18.2 Å². The zero-order valence-electron chi connectivity index (χ0n) is 13.8. The van der Waals surface area contributed by atoms with Gasteiger partial charge in [-0.3, -0.25) is 4.98 Å². The lowest BCUT2D eigenvalue weighted by atomic mass is 9.82. The van der Waals surface area contributed by atoms with Crippen molar-refractivity contribution >= 4 is 0 Å². The minimum absolute atomic E-state index is 0.410. The molecule has 1 fully saturated rings. The SMILES string of the molecule is CCCNCc1cccc(COC2CC(C)CC(C)C2)n1. The van der Waals surface area contributed by atoms with Crippen molar-refractivity contribution in [2.75, 3.05) is 6.54 Å². The fraction of sp³-hybridized carbons (Fsp3) is 0.722. The summed E-state index contributed by atoms with van der Waals surface area (Å²) in [6, 6.07) is 6.23. The van der Waals surface area contributed by atoms with Crippen LogP contribution < -0.4 is 5.32 Å². The Morgan fingerprint density at radius 1 is 1.14 bits per heavy atom. The van der Waals surface area contributed by atoms with Crippen LogP contribution in [-0.2, 0) is 17.9 Å². The minimum Gasteiger partial charge on any atom is -0.372 e. The van der Waals surface area contributed by atoms with Crippen molar-refractivity contribution in [1.29, 1.82) is 0 Å². The van der Waals surface area contributed by atoms with Crippen LogP contribution in [0.3, 0.4) is 0 Å². The number of rotatable bonds is 7. The summed E-state index contributed by atoms with van der Waals surface area (Å²) in [5.41, 5.74) is 2.16. The van der Waals surface area contributed by atoms with Gasteiger partial charge in [0, 0.05) is 6.54 Å². The summed E-state index contributed by atoms with van der Waals surface area (Å²) in [6.07, 6.45) is 5.30. The molecule has 1 aliphatic rings. The molecule has 0 aliphatic heterocycles. The van der Waals surface area contributed by atoms with Crippen molar-refractivity contribution in [2.24, 2.45) is 11.8 Å². The van der Waals surface area contributed by atoms with E-state index in [1.807, 2.05) is 0 Å².